The van der Waals surface area contributed by atoms with Crippen molar-refractivity contribution in [1.82, 2.24) is 20.0 Å². The molecule has 0 unspecified atom stereocenters. The number of amides is 2. The van der Waals surface area contributed by atoms with Gasteiger partial charge >= 0.3 is 5.97 Å². The highest BCUT2D eigenvalue weighted by molar-refractivity contribution is 5.98. The fourth-order valence-corrected chi connectivity index (χ4v) is 4.62. The molecule has 0 saturated carbocycles. The van der Waals surface area contributed by atoms with Gasteiger partial charge < -0.3 is 24.4 Å². The lowest BCUT2D eigenvalue weighted by atomic mass is 10.0. The van der Waals surface area contributed by atoms with Crippen molar-refractivity contribution in [1.29, 1.82) is 0 Å². The van der Waals surface area contributed by atoms with Crippen LogP contribution in [0.2, 0.25) is 0 Å². The quantitative estimate of drug-likeness (QED) is 0.447. The minimum atomic E-state index is -0.466. The average Bonchev–Trinajstić information content (AvgIpc) is 3.27. The molecule has 1 saturated heterocycles. The number of ether oxygens (including phenoxy) is 3. The second-order valence-corrected chi connectivity index (χ2v) is 9.14. The van der Waals surface area contributed by atoms with Crippen LogP contribution in [0.1, 0.15) is 68.6 Å². The monoisotopic (exact) mass is 512 g/mol. The van der Waals surface area contributed by atoms with Gasteiger partial charge in [0.1, 0.15) is 5.69 Å². The van der Waals surface area contributed by atoms with Gasteiger partial charge in [0.15, 0.2) is 0 Å². The Labute approximate surface area is 217 Å². The van der Waals surface area contributed by atoms with E-state index < -0.39 is 5.97 Å². The van der Waals surface area contributed by atoms with Crippen LogP contribution in [-0.4, -0.2) is 85.1 Å². The molecule has 0 atom stereocenters. The van der Waals surface area contributed by atoms with Crippen LogP contribution < -0.4 is 5.32 Å². The number of carbonyl (C=O) groups excluding carboxylic acids is 3. The number of hydrogen-bond acceptors (Lipinski definition) is 7. The molecule has 1 fully saturated rings. The summed E-state index contributed by atoms with van der Waals surface area (Å²) in [6, 6.07) is 6.64. The second kappa shape index (κ2) is 13.3. The van der Waals surface area contributed by atoms with E-state index in [1.54, 1.807) is 33.8 Å². The summed E-state index contributed by atoms with van der Waals surface area (Å²) in [7, 11) is 0. The molecule has 200 valence electrons. The van der Waals surface area contributed by atoms with Gasteiger partial charge in [-0.15, -0.1) is 0 Å². The maximum atomic E-state index is 12.9. The summed E-state index contributed by atoms with van der Waals surface area (Å²) in [6.45, 7) is 6.75. The van der Waals surface area contributed by atoms with Gasteiger partial charge in [0.05, 0.1) is 31.1 Å². The molecule has 2 aromatic rings. The Morgan fingerprint density at radius 3 is 2.65 bits per heavy atom. The number of morpholine rings is 1. The number of esters is 1. The molecule has 37 heavy (non-hydrogen) atoms. The van der Waals surface area contributed by atoms with E-state index >= 15 is 0 Å². The SMILES string of the molecule is CCn1nc(CCCOC(=O)c2cccc(C(=O)N3CCOCC3)c2)c2c1C(=O)NCCCOCCC2. The van der Waals surface area contributed by atoms with Crippen molar-refractivity contribution < 1.29 is 28.6 Å². The molecule has 0 aliphatic carbocycles. The summed E-state index contributed by atoms with van der Waals surface area (Å²) in [5, 5.41) is 7.68. The van der Waals surface area contributed by atoms with Crippen molar-refractivity contribution in [2.24, 2.45) is 0 Å². The Kier molecular flexibility index (Phi) is 9.67. The molecule has 0 radical (unpaired) electrons. The first-order chi connectivity index (χ1) is 18.1. The number of nitrogens with zero attached hydrogens (tertiary/aromatic N) is 3. The van der Waals surface area contributed by atoms with Crippen molar-refractivity contribution in [2.75, 3.05) is 52.7 Å². The fourth-order valence-electron chi connectivity index (χ4n) is 4.62. The smallest absolute Gasteiger partial charge is 0.338 e. The highest BCUT2D eigenvalue weighted by Gasteiger charge is 2.23. The standard InChI is InChI=1S/C27H36N4O6/c1-2-31-24-22(9-4-14-35-15-6-11-28-25(24)32)23(29-31)10-5-16-37-27(34)21-8-3-7-20(19-21)26(33)30-12-17-36-18-13-30/h3,7-8,19H,2,4-6,9-18H2,1H3,(H,28,32). The molecular weight excluding hydrogens is 476 g/mol. The van der Waals surface area contributed by atoms with Gasteiger partial charge in [0.2, 0.25) is 0 Å². The lowest BCUT2D eigenvalue weighted by molar-refractivity contribution is 0.0303. The molecule has 1 aromatic heterocycles. The number of carbonyl (C=O) groups is 3. The van der Waals surface area contributed by atoms with Crippen LogP contribution in [0, 0.1) is 0 Å². The van der Waals surface area contributed by atoms with E-state index in [2.05, 4.69) is 5.32 Å². The van der Waals surface area contributed by atoms with Gasteiger partial charge in [-0.2, -0.15) is 5.10 Å². The Morgan fingerprint density at radius 2 is 1.84 bits per heavy atom. The van der Waals surface area contributed by atoms with Gasteiger partial charge in [-0.25, -0.2) is 4.79 Å². The van der Waals surface area contributed by atoms with E-state index in [0.29, 0.717) is 88.7 Å². The van der Waals surface area contributed by atoms with Gasteiger partial charge in [0, 0.05) is 50.5 Å². The third-order valence-corrected chi connectivity index (χ3v) is 6.55. The van der Waals surface area contributed by atoms with Crippen LogP contribution in [-0.2, 0) is 33.6 Å². The van der Waals surface area contributed by atoms with Crippen molar-refractivity contribution in [3.05, 3.63) is 52.3 Å². The van der Waals surface area contributed by atoms with Crippen LogP contribution in [0.15, 0.2) is 24.3 Å². The van der Waals surface area contributed by atoms with Crippen LogP contribution in [0.5, 0.6) is 0 Å². The maximum absolute atomic E-state index is 12.9. The second-order valence-electron chi connectivity index (χ2n) is 9.14. The zero-order valence-corrected chi connectivity index (χ0v) is 21.5. The first-order valence-electron chi connectivity index (χ1n) is 13.2. The van der Waals surface area contributed by atoms with Gasteiger partial charge in [0.25, 0.3) is 11.8 Å². The largest absolute Gasteiger partial charge is 0.462 e. The maximum Gasteiger partial charge on any atom is 0.338 e. The number of nitrogens with one attached hydrogen (secondary N) is 1. The number of benzene rings is 1. The Morgan fingerprint density at radius 1 is 1.08 bits per heavy atom. The van der Waals surface area contributed by atoms with Crippen molar-refractivity contribution in [2.45, 2.75) is 45.6 Å². The fraction of sp³-hybridized carbons (Fsp3) is 0.556. The summed E-state index contributed by atoms with van der Waals surface area (Å²) in [6.07, 6.45) is 3.47. The Hall–Kier alpha value is -3.24. The molecule has 10 heteroatoms. The molecule has 0 spiro atoms. The van der Waals surface area contributed by atoms with Gasteiger partial charge in [-0.1, -0.05) is 6.07 Å². The zero-order valence-electron chi connectivity index (χ0n) is 21.5. The van der Waals surface area contributed by atoms with E-state index in [0.717, 1.165) is 24.1 Å². The van der Waals surface area contributed by atoms with E-state index in [9.17, 15) is 14.4 Å². The Balaban J connectivity index is 1.35. The predicted molar refractivity (Wildman–Crippen MR) is 136 cm³/mol. The summed E-state index contributed by atoms with van der Waals surface area (Å²) in [5.74, 6) is -0.681. The first kappa shape index (κ1) is 26.8. The summed E-state index contributed by atoms with van der Waals surface area (Å²) < 4.78 is 18.2. The number of fused-ring (bicyclic) bond motifs is 1. The molecule has 3 heterocycles. The normalized spacial score (nSPS) is 16.9. The van der Waals surface area contributed by atoms with E-state index in [1.807, 2.05) is 6.92 Å². The molecule has 2 aliphatic heterocycles. The van der Waals surface area contributed by atoms with Crippen molar-refractivity contribution >= 4 is 17.8 Å². The third-order valence-electron chi connectivity index (χ3n) is 6.55. The molecule has 1 aromatic carbocycles. The third kappa shape index (κ3) is 6.95. The number of rotatable bonds is 7. The molecule has 0 bridgehead atoms. The van der Waals surface area contributed by atoms with Crippen LogP contribution in [0.25, 0.3) is 0 Å². The molecule has 2 amide bonds. The molecule has 1 N–H and O–H groups in total. The highest BCUT2D eigenvalue weighted by atomic mass is 16.5. The molecule has 4 rings (SSSR count). The Bertz CT molecular complexity index is 1090. The molecule has 10 nitrogen and oxygen atoms in total. The van der Waals surface area contributed by atoms with Gasteiger partial charge in [-0.3, -0.25) is 14.3 Å². The van der Waals surface area contributed by atoms with Crippen LogP contribution >= 0.6 is 0 Å². The van der Waals surface area contributed by atoms with Crippen LogP contribution in [0.3, 0.4) is 0 Å². The van der Waals surface area contributed by atoms with Crippen molar-refractivity contribution in [3.63, 3.8) is 0 Å². The van der Waals surface area contributed by atoms with E-state index in [-0.39, 0.29) is 18.4 Å². The summed E-state index contributed by atoms with van der Waals surface area (Å²) in [5.41, 5.74) is 3.24. The number of aryl methyl sites for hydroxylation is 2. The topological polar surface area (TPSA) is 112 Å². The number of aromatic nitrogens is 2. The lowest BCUT2D eigenvalue weighted by Crippen LogP contribution is -2.40. The minimum Gasteiger partial charge on any atom is -0.462 e. The van der Waals surface area contributed by atoms with Gasteiger partial charge in [-0.05, 0) is 57.2 Å². The van der Waals surface area contributed by atoms with E-state index in [1.165, 1.54) is 0 Å². The number of hydrogen-bond donors (Lipinski definition) is 1. The van der Waals surface area contributed by atoms with E-state index in [4.69, 9.17) is 19.3 Å². The predicted octanol–water partition coefficient (Wildman–Crippen LogP) is 2.25. The first-order valence-corrected chi connectivity index (χ1v) is 13.2. The lowest BCUT2D eigenvalue weighted by Gasteiger charge is -2.26. The zero-order chi connectivity index (χ0) is 26.0. The molecule has 2 aliphatic rings. The highest BCUT2D eigenvalue weighted by Crippen LogP contribution is 2.20. The minimum absolute atomic E-state index is 0.101. The average molecular weight is 513 g/mol. The molecular formula is C27H36N4O6. The summed E-state index contributed by atoms with van der Waals surface area (Å²) in [4.78, 5) is 40.0. The van der Waals surface area contributed by atoms with Crippen molar-refractivity contribution in [3.8, 4) is 0 Å². The van der Waals surface area contributed by atoms with Crippen LogP contribution in [0.4, 0.5) is 0 Å². The summed E-state index contributed by atoms with van der Waals surface area (Å²) >= 11 is 0.